The van der Waals surface area contributed by atoms with Crippen LogP contribution in [-0.4, -0.2) is 20.2 Å². The molecule has 5 heteroatoms. The molecule has 0 heterocycles. The van der Waals surface area contributed by atoms with Gasteiger partial charge in [0.25, 0.3) is 0 Å². The minimum absolute atomic E-state index is 0.165. The van der Waals surface area contributed by atoms with E-state index in [9.17, 15) is 4.39 Å². The Morgan fingerprint density at radius 1 is 1.50 bits per heavy atom. The summed E-state index contributed by atoms with van der Waals surface area (Å²) in [5, 5.41) is 2.97. The number of hydrogen-bond donors (Lipinski definition) is 3. The number of ether oxygens (including phenoxy) is 1. The topological polar surface area (TPSA) is 73.3 Å². The normalized spacial score (nSPS) is 9.93. The Labute approximate surface area is 82.0 Å². The molecule has 0 aliphatic rings. The lowest BCUT2D eigenvalue weighted by Crippen LogP contribution is -2.14. The van der Waals surface area contributed by atoms with Crippen molar-refractivity contribution in [2.45, 2.75) is 0 Å². The van der Waals surface area contributed by atoms with E-state index in [1.165, 1.54) is 19.2 Å². The van der Waals surface area contributed by atoms with Crippen molar-refractivity contribution in [3.05, 3.63) is 17.9 Å². The maximum atomic E-state index is 13.1. The van der Waals surface area contributed by atoms with Gasteiger partial charge >= 0.3 is 0 Å². The molecule has 78 valence electrons. The van der Waals surface area contributed by atoms with Crippen LogP contribution in [0.15, 0.2) is 12.1 Å². The van der Waals surface area contributed by atoms with Crippen molar-refractivity contribution >= 4 is 11.4 Å². The molecule has 0 bridgehead atoms. The van der Waals surface area contributed by atoms with Gasteiger partial charge < -0.3 is 21.5 Å². The van der Waals surface area contributed by atoms with E-state index < -0.39 is 5.82 Å². The van der Waals surface area contributed by atoms with E-state index >= 15 is 0 Å². The van der Waals surface area contributed by atoms with E-state index in [2.05, 4.69) is 5.32 Å². The molecule has 0 aliphatic heterocycles. The van der Waals surface area contributed by atoms with Crippen LogP contribution < -0.4 is 21.5 Å². The number of benzene rings is 1. The van der Waals surface area contributed by atoms with Crippen LogP contribution in [0, 0.1) is 5.82 Å². The van der Waals surface area contributed by atoms with Crippen LogP contribution in [0.25, 0.3) is 0 Å². The van der Waals surface area contributed by atoms with Gasteiger partial charge in [-0.2, -0.15) is 0 Å². The van der Waals surface area contributed by atoms with Crippen molar-refractivity contribution < 1.29 is 9.13 Å². The summed E-state index contributed by atoms with van der Waals surface area (Å²) in [6, 6.07) is 2.73. The average molecular weight is 199 g/mol. The molecule has 1 rings (SSSR count). The summed E-state index contributed by atoms with van der Waals surface area (Å²) in [4.78, 5) is 0. The number of methoxy groups -OCH3 is 1. The van der Waals surface area contributed by atoms with Gasteiger partial charge in [0.2, 0.25) is 0 Å². The number of nitrogens with two attached hydrogens (primary N) is 2. The molecule has 4 nitrogen and oxygen atoms in total. The lowest BCUT2D eigenvalue weighted by molar-refractivity contribution is 0.387. The molecule has 14 heavy (non-hydrogen) atoms. The van der Waals surface area contributed by atoms with Crippen molar-refractivity contribution in [2.75, 3.05) is 31.2 Å². The first-order valence-electron chi connectivity index (χ1n) is 4.26. The Kier molecular flexibility index (Phi) is 3.53. The Hall–Kier alpha value is -1.49. The molecule has 0 unspecified atom stereocenters. The highest BCUT2D eigenvalue weighted by molar-refractivity contribution is 5.68. The van der Waals surface area contributed by atoms with Gasteiger partial charge in [0, 0.05) is 25.2 Å². The minimum atomic E-state index is -0.469. The third-order valence-electron chi connectivity index (χ3n) is 1.78. The first-order valence-corrected chi connectivity index (χ1v) is 4.26. The van der Waals surface area contributed by atoms with Crippen LogP contribution >= 0.6 is 0 Å². The Bertz CT molecular complexity index is 317. The van der Waals surface area contributed by atoms with Gasteiger partial charge in [-0.3, -0.25) is 0 Å². The fourth-order valence-corrected chi connectivity index (χ4v) is 1.09. The summed E-state index contributed by atoms with van der Waals surface area (Å²) in [6.45, 7) is 1.07. The number of halogens is 1. The maximum Gasteiger partial charge on any atom is 0.167 e. The molecular formula is C9H14FN3O. The summed E-state index contributed by atoms with van der Waals surface area (Å²) in [5.74, 6) is -0.304. The largest absolute Gasteiger partial charge is 0.494 e. The summed E-state index contributed by atoms with van der Waals surface area (Å²) >= 11 is 0. The van der Waals surface area contributed by atoms with E-state index in [0.29, 0.717) is 24.5 Å². The number of anilines is 2. The second-order valence-corrected chi connectivity index (χ2v) is 2.79. The van der Waals surface area contributed by atoms with E-state index in [-0.39, 0.29) is 5.75 Å². The maximum absolute atomic E-state index is 13.1. The van der Waals surface area contributed by atoms with Gasteiger partial charge in [-0.25, -0.2) is 4.39 Å². The molecule has 0 aliphatic carbocycles. The van der Waals surface area contributed by atoms with Gasteiger partial charge in [0.1, 0.15) is 0 Å². The standard InChI is InChI=1S/C9H14FN3O/c1-14-9-5-8(13-3-2-11)7(12)4-6(9)10/h4-5,13H,2-3,11-12H2,1H3. The second kappa shape index (κ2) is 4.66. The van der Waals surface area contributed by atoms with Crippen molar-refractivity contribution in [1.29, 1.82) is 0 Å². The Morgan fingerprint density at radius 2 is 2.21 bits per heavy atom. The smallest absolute Gasteiger partial charge is 0.167 e. The van der Waals surface area contributed by atoms with Crippen molar-refractivity contribution in [3.63, 3.8) is 0 Å². The zero-order chi connectivity index (χ0) is 10.6. The zero-order valence-electron chi connectivity index (χ0n) is 8.01. The van der Waals surface area contributed by atoms with Crippen LogP contribution in [0.3, 0.4) is 0 Å². The number of nitrogen functional groups attached to an aromatic ring is 1. The predicted molar refractivity (Wildman–Crippen MR) is 54.9 cm³/mol. The van der Waals surface area contributed by atoms with Gasteiger partial charge in [-0.1, -0.05) is 0 Å². The van der Waals surface area contributed by atoms with Crippen LogP contribution in [0.4, 0.5) is 15.8 Å². The van der Waals surface area contributed by atoms with Gasteiger partial charge in [0.15, 0.2) is 11.6 Å². The highest BCUT2D eigenvalue weighted by Crippen LogP contribution is 2.27. The van der Waals surface area contributed by atoms with Crippen LogP contribution in [0.2, 0.25) is 0 Å². The lowest BCUT2D eigenvalue weighted by Gasteiger charge is -2.10. The zero-order valence-corrected chi connectivity index (χ0v) is 8.01. The quantitative estimate of drug-likeness (QED) is 0.627. The lowest BCUT2D eigenvalue weighted by atomic mass is 10.2. The highest BCUT2D eigenvalue weighted by atomic mass is 19.1. The molecule has 0 radical (unpaired) electrons. The first kappa shape index (κ1) is 10.6. The number of rotatable bonds is 4. The van der Waals surface area contributed by atoms with E-state index in [0.717, 1.165) is 0 Å². The first-order chi connectivity index (χ1) is 6.69. The molecule has 0 fully saturated rings. The predicted octanol–water partition coefficient (Wildman–Crippen LogP) is 0.787. The van der Waals surface area contributed by atoms with E-state index in [1.807, 2.05) is 0 Å². The average Bonchev–Trinajstić information content (AvgIpc) is 2.17. The molecule has 1 aromatic carbocycles. The summed E-state index contributed by atoms with van der Waals surface area (Å²) in [7, 11) is 1.40. The molecule has 0 aromatic heterocycles. The van der Waals surface area contributed by atoms with E-state index in [4.69, 9.17) is 16.2 Å². The Morgan fingerprint density at radius 3 is 2.79 bits per heavy atom. The summed E-state index contributed by atoms with van der Waals surface area (Å²) in [5.41, 5.74) is 11.9. The van der Waals surface area contributed by atoms with Crippen LogP contribution in [-0.2, 0) is 0 Å². The minimum Gasteiger partial charge on any atom is -0.494 e. The SMILES string of the molecule is COc1cc(NCCN)c(N)cc1F. The van der Waals surface area contributed by atoms with Gasteiger partial charge in [-0.15, -0.1) is 0 Å². The molecule has 5 N–H and O–H groups in total. The molecule has 0 atom stereocenters. The van der Waals surface area contributed by atoms with Crippen molar-refractivity contribution in [1.82, 2.24) is 0 Å². The third-order valence-corrected chi connectivity index (χ3v) is 1.78. The number of hydrogen-bond acceptors (Lipinski definition) is 4. The molecule has 1 aromatic rings. The fraction of sp³-hybridized carbons (Fsp3) is 0.333. The monoisotopic (exact) mass is 199 g/mol. The third kappa shape index (κ3) is 2.26. The summed E-state index contributed by atoms with van der Waals surface area (Å²) in [6.07, 6.45) is 0. The van der Waals surface area contributed by atoms with E-state index in [1.54, 1.807) is 0 Å². The van der Waals surface area contributed by atoms with Crippen LogP contribution in [0.1, 0.15) is 0 Å². The molecule has 0 saturated carbocycles. The Balaban J connectivity index is 2.92. The van der Waals surface area contributed by atoms with Crippen molar-refractivity contribution in [3.8, 4) is 5.75 Å². The van der Waals surface area contributed by atoms with Crippen LogP contribution in [0.5, 0.6) is 5.75 Å². The fourth-order valence-electron chi connectivity index (χ4n) is 1.09. The molecule has 0 spiro atoms. The summed E-state index contributed by atoms with van der Waals surface area (Å²) < 4.78 is 17.9. The number of nitrogens with one attached hydrogen (secondary N) is 1. The van der Waals surface area contributed by atoms with Crippen molar-refractivity contribution in [2.24, 2.45) is 5.73 Å². The molecule has 0 amide bonds. The highest BCUT2D eigenvalue weighted by Gasteiger charge is 2.07. The molecular weight excluding hydrogens is 185 g/mol. The molecule has 0 saturated heterocycles. The van der Waals surface area contributed by atoms with Gasteiger partial charge in [-0.05, 0) is 0 Å². The van der Waals surface area contributed by atoms with Gasteiger partial charge in [0.05, 0.1) is 18.5 Å². The second-order valence-electron chi connectivity index (χ2n) is 2.79.